The predicted molar refractivity (Wildman–Crippen MR) is 68.2 cm³/mol. The summed E-state index contributed by atoms with van der Waals surface area (Å²) in [6.07, 6.45) is -2.12. The first kappa shape index (κ1) is 12.2. The fourth-order valence-electron chi connectivity index (χ4n) is 2.33. The summed E-state index contributed by atoms with van der Waals surface area (Å²) in [5.41, 5.74) is -0.727. The Labute approximate surface area is 109 Å². The van der Waals surface area contributed by atoms with E-state index in [-0.39, 0.29) is 0 Å². The normalized spacial score (nSPS) is 24.8. The number of hydrogen-bond acceptors (Lipinski definition) is 5. The van der Waals surface area contributed by atoms with Gasteiger partial charge in [0.15, 0.2) is 11.3 Å². The molecule has 0 aliphatic carbocycles. The quantitative estimate of drug-likeness (QED) is 0.701. The summed E-state index contributed by atoms with van der Waals surface area (Å²) >= 11 is 0. The van der Waals surface area contributed by atoms with E-state index in [1.165, 1.54) is 6.07 Å². The Morgan fingerprint density at radius 1 is 1.16 bits per heavy atom. The van der Waals surface area contributed by atoms with Gasteiger partial charge in [-0.3, -0.25) is 0 Å². The second-order valence-electron chi connectivity index (χ2n) is 5.25. The molecule has 2 atom stereocenters. The van der Waals surface area contributed by atoms with Crippen molar-refractivity contribution in [1.29, 1.82) is 0 Å². The summed E-state index contributed by atoms with van der Waals surface area (Å²) in [6, 6.07) is 6.35. The van der Waals surface area contributed by atoms with E-state index in [0.29, 0.717) is 22.3 Å². The summed E-state index contributed by atoms with van der Waals surface area (Å²) in [5.74, 6) is 0.318. The fraction of sp³-hybridized carbons (Fsp3) is 0.357. The highest BCUT2D eigenvalue weighted by atomic mass is 16.5. The van der Waals surface area contributed by atoms with E-state index in [1.807, 2.05) is 0 Å². The van der Waals surface area contributed by atoms with E-state index >= 15 is 0 Å². The van der Waals surface area contributed by atoms with Gasteiger partial charge in [0.2, 0.25) is 0 Å². The van der Waals surface area contributed by atoms with Gasteiger partial charge in [-0.15, -0.1) is 0 Å². The van der Waals surface area contributed by atoms with Crippen molar-refractivity contribution in [1.82, 2.24) is 0 Å². The molecule has 0 amide bonds. The van der Waals surface area contributed by atoms with Crippen molar-refractivity contribution in [3.8, 4) is 5.75 Å². The first-order valence-corrected chi connectivity index (χ1v) is 6.02. The van der Waals surface area contributed by atoms with Gasteiger partial charge in [-0.05, 0) is 19.9 Å². The van der Waals surface area contributed by atoms with Gasteiger partial charge in [-0.25, -0.2) is 4.79 Å². The second-order valence-corrected chi connectivity index (χ2v) is 5.25. The van der Waals surface area contributed by atoms with Crippen molar-refractivity contribution in [2.75, 3.05) is 0 Å². The van der Waals surface area contributed by atoms with Crippen LogP contribution in [0.2, 0.25) is 0 Å². The Hall–Kier alpha value is -1.85. The topological polar surface area (TPSA) is 79.9 Å². The van der Waals surface area contributed by atoms with Crippen molar-refractivity contribution in [2.45, 2.75) is 31.7 Å². The van der Waals surface area contributed by atoms with Crippen LogP contribution in [0.5, 0.6) is 5.75 Å². The molecule has 0 bridgehead atoms. The Balaban J connectivity index is 2.33. The minimum absolute atomic E-state index is 0.295. The maximum absolute atomic E-state index is 11.3. The molecule has 0 unspecified atom stereocenters. The molecule has 1 aromatic carbocycles. The van der Waals surface area contributed by atoms with E-state index < -0.39 is 23.4 Å². The van der Waals surface area contributed by atoms with Crippen molar-refractivity contribution < 1.29 is 19.4 Å². The first-order valence-electron chi connectivity index (χ1n) is 6.02. The van der Waals surface area contributed by atoms with Gasteiger partial charge in [0, 0.05) is 17.0 Å². The molecular weight excluding hydrogens is 248 g/mol. The molecule has 19 heavy (non-hydrogen) atoms. The van der Waals surface area contributed by atoms with Gasteiger partial charge >= 0.3 is 5.63 Å². The molecule has 2 N–H and O–H groups in total. The molecule has 1 aliphatic rings. The number of rotatable bonds is 0. The number of ether oxygens (including phenoxy) is 1. The Morgan fingerprint density at radius 2 is 1.84 bits per heavy atom. The molecule has 0 saturated heterocycles. The second kappa shape index (κ2) is 3.82. The number of hydrogen-bond donors (Lipinski definition) is 2. The van der Waals surface area contributed by atoms with Crippen LogP contribution >= 0.6 is 0 Å². The smallest absolute Gasteiger partial charge is 0.336 e. The van der Waals surface area contributed by atoms with E-state index in [1.54, 1.807) is 32.0 Å². The predicted octanol–water partition coefficient (Wildman–Crippen LogP) is 1.36. The van der Waals surface area contributed by atoms with Crippen LogP contribution in [0.4, 0.5) is 0 Å². The third-order valence-electron chi connectivity index (χ3n) is 3.47. The summed E-state index contributed by atoms with van der Waals surface area (Å²) in [6.45, 7) is 3.34. The van der Waals surface area contributed by atoms with Crippen LogP contribution in [0.1, 0.15) is 25.5 Å². The van der Waals surface area contributed by atoms with Crippen LogP contribution < -0.4 is 10.4 Å². The van der Waals surface area contributed by atoms with Crippen LogP contribution in [-0.2, 0) is 0 Å². The molecule has 2 heterocycles. The van der Waals surface area contributed by atoms with Crippen LogP contribution in [0, 0.1) is 0 Å². The van der Waals surface area contributed by atoms with E-state index in [2.05, 4.69) is 0 Å². The standard InChI is InChI=1S/C14H14O5/c1-14(2)13(17)10(16)8-5-3-7-4-6-9(15)18-11(7)12(8)19-14/h3-6,10,13,16-17H,1-2H3/t10-,13-/m1/s1. The van der Waals surface area contributed by atoms with Crippen molar-refractivity contribution >= 4 is 11.0 Å². The molecule has 100 valence electrons. The molecule has 0 radical (unpaired) electrons. The van der Waals surface area contributed by atoms with Gasteiger partial charge in [-0.1, -0.05) is 12.1 Å². The largest absolute Gasteiger partial charge is 0.481 e. The molecule has 5 heteroatoms. The SMILES string of the molecule is CC1(C)Oc2c(ccc3ccc(=O)oc23)[C@@H](O)[C@H]1O. The molecule has 0 fully saturated rings. The molecule has 1 aliphatic heterocycles. The van der Waals surface area contributed by atoms with Crippen LogP contribution in [0.25, 0.3) is 11.0 Å². The number of aliphatic hydroxyl groups excluding tert-OH is 2. The Kier molecular flexibility index (Phi) is 2.45. The lowest BCUT2D eigenvalue weighted by atomic mass is 9.88. The summed E-state index contributed by atoms with van der Waals surface area (Å²) in [5, 5.41) is 20.9. The summed E-state index contributed by atoms with van der Waals surface area (Å²) in [7, 11) is 0. The highest BCUT2D eigenvalue weighted by molar-refractivity contribution is 5.84. The average Bonchev–Trinajstić information content (AvgIpc) is 2.36. The first-order chi connectivity index (χ1) is 8.90. The zero-order valence-electron chi connectivity index (χ0n) is 10.6. The fourth-order valence-corrected chi connectivity index (χ4v) is 2.33. The van der Waals surface area contributed by atoms with E-state index in [4.69, 9.17) is 9.15 Å². The highest BCUT2D eigenvalue weighted by Gasteiger charge is 2.43. The van der Waals surface area contributed by atoms with Gasteiger partial charge < -0.3 is 19.4 Å². The lowest BCUT2D eigenvalue weighted by Gasteiger charge is -2.39. The van der Waals surface area contributed by atoms with Crippen LogP contribution in [0.3, 0.4) is 0 Å². The minimum atomic E-state index is -1.08. The lowest BCUT2D eigenvalue weighted by Crippen LogP contribution is -2.48. The zero-order valence-corrected chi connectivity index (χ0v) is 10.6. The van der Waals surface area contributed by atoms with Gasteiger partial charge in [0.1, 0.15) is 17.8 Å². The van der Waals surface area contributed by atoms with Crippen molar-refractivity contribution in [3.63, 3.8) is 0 Å². The highest BCUT2D eigenvalue weighted by Crippen LogP contribution is 2.43. The van der Waals surface area contributed by atoms with Crippen LogP contribution in [-0.4, -0.2) is 21.9 Å². The molecule has 5 nitrogen and oxygen atoms in total. The van der Waals surface area contributed by atoms with E-state index in [0.717, 1.165) is 0 Å². The monoisotopic (exact) mass is 262 g/mol. The van der Waals surface area contributed by atoms with Crippen LogP contribution in [0.15, 0.2) is 33.5 Å². The lowest BCUT2D eigenvalue weighted by molar-refractivity contribution is -0.111. The third-order valence-corrected chi connectivity index (χ3v) is 3.47. The van der Waals surface area contributed by atoms with Gasteiger partial charge in [-0.2, -0.15) is 0 Å². The summed E-state index contributed by atoms with van der Waals surface area (Å²) < 4.78 is 10.9. The molecule has 3 rings (SSSR count). The van der Waals surface area contributed by atoms with Crippen molar-refractivity contribution in [3.05, 3.63) is 40.2 Å². The van der Waals surface area contributed by atoms with Gasteiger partial charge in [0.05, 0.1) is 0 Å². The molecule has 0 spiro atoms. The zero-order chi connectivity index (χ0) is 13.8. The van der Waals surface area contributed by atoms with Crippen molar-refractivity contribution in [2.24, 2.45) is 0 Å². The maximum Gasteiger partial charge on any atom is 0.336 e. The molecule has 1 aromatic heterocycles. The average molecular weight is 262 g/mol. The van der Waals surface area contributed by atoms with E-state index in [9.17, 15) is 15.0 Å². The third kappa shape index (κ3) is 1.74. The Morgan fingerprint density at radius 3 is 2.58 bits per heavy atom. The number of fused-ring (bicyclic) bond motifs is 3. The number of benzene rings is 1. The number of aliphatic hydroxyl groups is 2. The summed E-state index contributed by atoms with van der Waals surface area (Å²) in [4.78, 5) is 11.3. The van der Waals surface area contributed by atoms with Gasteiger partial charge in [0.25, 0.3) is 0 Å². The minimum Gasteiger partial charge on any atom is -0.481 e. The molecule has 0 saturated carbocycles. The maximum atomic E-state index is 11.3. The Bertz CT molecular complexity index is 701. The molecular formula is C14H14O5. The molecule has 2 aromatic rings.